The third kappa shape index (κ3) is 3.14. The van der Waals surface area contributed by atoms with Crippen LogP contribution < -0.4 is 0 Å². The Labute approximate surface area is 133 Å². The van der Waals surface area contributed by atoms with Gasteiger partial charge < -0.3 is 10.2 Å². The van der Waals surface area contributed by atoms with Gasteiger partial charge in [0.25, 0.3) is 0 Å². The lowest BCUT2D eigenvalue weighted by Crippen LogP contribution is -2.62. The fourth-order valence-corrected chi connectivity index (χ4v) is 4.03. The minimum Gasteiger partial charge on any atom is -0.480 e. The summed E-state index contributed by atoms with van der Waals surface area (Å²) in [6.07, 6.45) is 2.77. The highest BCUT2D eigenvalue weighted by atomic mass is 16.4. The number of carbonyl (C=O) groups is 2. The summed E-state index contributed by atoms with van der Waals surface area (Å²) < 4.78 is 0. The second-order valence-electron chi connectivity index (χ2n) is 7.97. The molecule has 0 saturated carbocycles. The van der Waals surface area contributed by atoms with Crippen molar-refractivity contribution in [1.82, 2.24) is 4.90 Å². The molecule has 0 aromatic carbocycles. The van der Waals surface area contributed by atoms with E-state index in [4.69, 9.17) is 0 Å². The molecular formula is C17H31NO4. The van der Waals surface area contributed by atoms with E-state index in [9.17, 15) is 19.8 Å². The van der Waals surface area contributed by atoms with Crippen molar-refractivity contribution in [1.29, 1.82) is 0 Å². The van der Waals surface area contributed by atoms with E-state index in [0.717, 1.165) is 6.42 Å². The topological polar surface area (TPSA) is 77.8 Å². The Kier molecular flexibility index (Phi) is 5.33. The summed E-state index contributed by atoms with van der Waals surface area (Å²) >= 11 is 0. The Morgan fingerprint density at radius 3 is 1.82 bits per heavy atom. The van der Waals surface area contributed by atoms with Crippen LogP contribution in [0.25, 0.3) is 0 Å². The number of carboxylic acid groups (broad SMARTS) is 2. The number of carboxylic acids is 2. The average Bonchev–Trinajstić information content (AvgIpc) is 2.35. The van der Waals surface area contributed by atoms with E-state index in [1.165, 1.54) is 0 Å². The van der Waals surface area contributed by atoms with Gasteiger partial charge in [0, 0.05) is 11.1 Å². The normalized spacial score (nSPS) is 22.5. The largest absolute Gasteiger partial charge is 0.480 e. The van der Waals surface area contributed by atoms with Crippen LogP contribution in [0.15, 0.2) is 0 Å². The molecule has 2 N–H and O–H groups in total. The van der Waals surface area contributed by atoms with Crippen molar-refractivity contribution in [2.75, 3.05) is 7.05 Å². The summed E-state index contributed by atoms with van der Waals surface area (Å²) in [6, 6.07) is 0. The molecule has 128 valence electrons. The molecule has 0 unspecified atom stereocenters. The highest BCUT2D eigenvalue weighted by Crippen LogP contribution is 2.49. The lowest BCUT2D eigenvalue weighted by atomic mass is 9.61. The first-order valence-electron chi connectivity index (χ1n) is 8.12. The number of unbranched alkanes of at least 4 members (excludes halogenated alkanes) is 1. The smallest absolute Gasteiger partial charge is 0.321 e. The summed E-state index contributed by atoms with van der Waals surface area (Å²) in [4.78, 5) is 26.2. The lowest BCUT2D eigenvalue weighted by molar-refractivity contribution is -0.176. The van der Waals surface area contributed by atoms with Gasteiger partial charge in [0.05, 0.1) is 0 Å². The van der Waals surface area contributed by atoms with Crippen molar-refractivity contribution in [3.63, 3.8) is 0 Å². The van der Waals surface area contributed by atoms with E-state index in [2.05, 4.69) is 32.6 Å². The van der Waals surface area contributed by atoms with Gasteiger partial charge in [-0.15, -0.1) is 0 Å². The Morgan fingerprint density at radius 2 is 1.50 bits per heavy atom. The van der Waals surface area contributed by atoms with Crippen LogP contribution in [0.2, 0.25) is 0 Å². The zero-order chi connectivity index (χ0) is 17.3. The summed E-state index contributed by atoms with van der Waals surface area (Å²) in [7, 11) is 2.03. The van der Waals surface area contributed by atoms with Crippen molar-refractivity contribution in [2.45, 2.75) is 77.8 Å². The molecule has 1 saturated heterocycles. The Bertz CT molecular complexity index is 410. The number of rotatable bonds is 6. The molecule has 5 nitrogen and oxygen atoms in total. The summed E-state index contributed by atoms with van der Waals surface area (Å²) in [5.74, 6) is -2.74. The number of hydrogen-bond donors (Lipinski definition) is 2. The molecule has 0 spiro atoms. The van der Waals surface area contributed by atoms with Crippen LogP contribution in [0.5, 0.6) is 0 Å². The van der Waals surface area contributed by atoms with Gasteiger partial charge in [0.1, 0.15) is 0 Å². The number of hydrogen-bond acceptors (Lipinski definition) is 3. The third-order valence-electron chi connectivity index (χ3n) is 5.69. The third-order valence-corrected chi connectivity index (χ3v) is 5.69. The van der Waals surface area contributed by atoms with Gasteiger partial charge >= 0.3 is 11.9 Å². The highest BCUT2D eigenvalue weighted by Gasteiger charge is 2.57. The van der Waals surface area contributed by atoms with Gasteiger partial charge in [-0.3, -0.25) is 14.5 Å². The molecular weight excluding hydrogens is 282 g/mol. The zero-order valence-corrected chi connectivity index (χ0v) is 14.8. The monoisotopic (exact) mass is 313 g/mol. The first kappa shape index (κ1) is 18.9. The van der Waals surface area contributed by atoms with Gasteiger partial charge in [-0.05, 0) is 59.9 Å². The molecule has 0 aromatic heterocycles. The summed E-state index contributed by atoms with van der Waals surface area (Å²) in [5.41, 5.74) is -2.13. The average molecular weight is 313 g/mol. The Morgan fingerprint density at radius 1 is 1.09 bits per heavy atom. The predicted molar refractivity (Wildman–Crippen MR) is 85.9 cm³/mol. The maximum absolute atomic E-state index is 12.0. The van der Waals surface area contributed by atoms with Crippen LogP contribution in [0, 0.1) is 11.3 Å². The summed E-state index contributed by atoms with van der Waals surface area (Å²) in [6.45, 7) is 10.2. The number of piperidine rings is 1. The van der Waals surface area contributed by atoms with E-state index >= 15 is 0 Å². The van der Waals surface area contributed by atoms with Gasteiger partial charge in [-0.1, -0.05) is 19.8 Å². The molecule has 1 rings (SSSR count). The number of nitrogens with zero attached hydrogens (tertiary/aromatic N) is 1. The standard InChI is InChI=1S/C17H31NO4/c1-7-8-9-17(13(19)20,14(21)22)12-10-15(2,3)18(6)16(4,5)11-12/h12H,7-11H2,1-6H3,(H,19,20)(H,21,22). The molecule has 0 radical (unpaired) electrons. The molecule has 0 bridgehead atoms. The van der Waals surface area contributed by atoms with Gasteiger partial charge in [-0.2, -0.15) is 0 Å². The highest BCUT2D eigenvalue weighted by molar-refractivity contribution is 5.98. The molecule has 0 aliphatic carbocycles. The van der Waals surface area contributed by atoms with Crippen LogP contribution in [0.1, 0.15) is 66.7 Å². The first-order valence-corrected chi connectivity index (χ1v) is 8.12. The van der Waals surface area contributed by atoms with Gasteiger partial charge in [-0.25, -0.2) is 0 Å². The molecule has 1 aliphatic rings. The maximum Gasteiger partial charge on any atom is 0.321 e. The second kappa shape index (κ2) is 6.19. The predicted octanol–water partition coefficient (Wildman–Crippen LogP) is 3.23. The number of aliphatic carboxylic acids is 2. The van der Waals surface area contributed by atoms with Crippen LogP contribution in [0.4, 0.5) is 0 Å². The fraction of sp³-hybridized carbons (Fsp3) is 0.882. The van der Waals surface area contributed by atoms with E-state index in [1.54, 1.807) is 0 Å². The minimum absolute atomic E-state index is 0.203. The molecule has 0 amide bonds. The Balaban J connectivity index is 3.30. The molecule has 1 heterocycles. The van der Waals surface area contributed by atoms with Crippen molar-refractivity contribution in [3.05, 3.63) is 0 Å². The van der Waals surface area contributed by atoms with E-state index in [-0.39, 0.29) is 23.4 Å². The van der Waals surface area contributed by atoms with Gasteiger partial charge in [0.15, 0.2) is 5.41 Å². The van der Waals surface area contributed by atoms with Crippen molar-refractivity contribution in [3.8, 4) is 0 Å². The number of likely N-dealkylation sites (tertiary alicyclic amines) is 1. The minimum atomic E-state index is -1.67. The quantitative estimate of drug-likeness (QED) is 0.736. The van der Waals surface area contributed by atoms with Gasteiger partial charge in [0.2, 0.25) is 0 Å². The first-order chi connectivity index (χ1) is 9.91. The molecule has 22 heavy (non-hydrogen) atoms. The molecule has 0 aromatic rings. The van der Waals surface area contributed by atoms with E-state index in [0.29, 0.717) is 19.3 Å². The van der Waals surface area contributed by atoms with E-state index < -0.39 is 17.4 Å². The second-order valence-corrected chi connectivity index (χ2v) is 7.97. The molecule has 1 aliphatic heterocycles. The van der Waals surface area contributed by atoms with Crippen molar-refractivity contribution >= 4 is 11.9 Å². The Hall–Kier alpha value is -1.10. The summed E-state index contributed by atoms with van der Waals surface area (Å²) in [5, 5.41) is 19.6. The maximum atomic E-state index is 12.0. The molecule has 0 atom stereocenters. The van der Waals surface area contributed by atoms with Crippen LogP contribution >= 0.6 is 0 Å². The zero-order valence-electron chi connectivity index (χ0n) is 14.8. The van der Waals surface area contributed by atoms with Crippen molar-refractivity contribution in [2.24, 2.45) is 11.3 Å². The lowest BCUT2D eigenvalue weighted by Gasteiger charge is -2.56. The van der Waals surface area contributed by atoms with Crippen LogP contribution in [-0.2, 0) is 9.59 Å². The van der Waals surface area contributed by atoms with Crippen LogP contribution in [0.3, 0.4) is 0 Å². The molecule has 1 fully saturated rings. The fourth-order valence-electron chi connectivity index (χ4n) is 4.03. The SMILES string of the molecule is CCCCC(C(=O)O)(C(=O)O)C1CC(C)(C)N(C)C(C)(C)C1. The molecule has 5 heteroatoms. The van der Waals surface area contributed by atoms with Crippen LogP contribution in [-0.4, -0.2) is 45.2 Å². The van der Waals surface area contributed by atoms with Crippen molar-refractivity contribution < 1.29 is 19.8 Å². The van der Waals surface area contributed by atoms with E-state index in [1.807, 2.05) is 14.0 Å².